The number of fused-ring (bicyclic) bond motifs is 13. The molecule has 98 heavy (non-hydrogen) atoms. The topological polar surface area (TPSA) is 17.4 Å². The van der Waals surface area contributed by atoms with Crippen LogP contribution in [0.15, 0.2) is 255 Å². The maximum atomic E-state index is 9.69. The summed E-state index contributed by atoms with van der Waals surface area (Å²) in [5, 5.41) is 0.0984. The SMILES string of the molecule is [2H]c1c([2H])c([2H])c2c(c1[2H])c1c([2H])c([2H])c([2H])c([2H])c1n2Cc1ccc2c(c1)N(c1c(-c3ccccc3)cc(C(C)(C)C)cc1-c1ccccc1)c1cc(-c3cc(C(C)(C)C)cc(C(C)(C)C)c3)cc3c1B2c1cc(-c2cc(C(C)(C)C)cc(C(C)(C)C)c2)ccc1C31c2ccccc2Oc2ccccc21. The molecule has 0 N–H and O–H groups in total. The van der Waals surface area contributed by atoms with Crippen molar-refractivity contribution in [2.45, 2.75) is 143 Å². The molecule has 1 spiro atoms. The lowest BCUT2D eigenvalue weighted by Gasteiger charge is -2.51. The molecule has 0 amide bonds. The van der Waals surface area contributed by atoms with E-state index in [0.29, 0.717) is 0 Å². The highest BCUT2D eigenvalue weighted by atomic mass is 16.5. The highest BCUT2D eigenvalue weighted by Gasteiger charge is 2.55. The van der Waals surface area contributed by atoms with Crippen LogP contribution < -0.4 is 26.0 Å². The average molecular weight is 1280 g/mol. The van der Waals surface area contributed by atoms with Gasteiger partial charge in [-0.05, 0) is 170 Å². The first-order valence-electron chi connectivity index (χ1n) is 38.8. The van der Waals surface area contributed by atoms with Gasteiger partial charge in [0.05, 0.1) is 22.1 Å². The van der Waals surface area contributed by atoms with E-state index in [1.807, 2.05) is 0 Å². The molecule has 0 unspecified atom stereocenters. The Bertz CT molecular complexity index is 5610. The Morgan fingerprint density at radius 2 is 0.816 bits per heavy atom. The second-order valence-corrected chi connectivity index (χ2v) is 32.8. The third kappa shape index (κ3) is 10.3. The van der Waals surface area contributed by atoms with Gasteiger partial charge in [-0.15, -0.1) is 0 Å². The number of aromatic nitrogens is 1. The highest BCUT2D eigenvalue weighted by molar-refractivity contribution is 6.99. The van der Waals surface area contributed by atoms with Crippen molar-refractivity contribution < 1.29 is 15.7 Å². The van der Waals surface area contributed by atoms with Crippen LogP contribution in [0.2, 0.25) is 0 Å². The highest BCUT2D eigenvalue weighted by Crippen LogP contribution is 2.59. The lowest BCUT2D eigenvalue weighted by atomic mass is 9.29. The summed E-state index contributed by atoms with van der Waals surface area (Å²) in [5.41, 5.74) is 23.8. The van der Waals surface area contributed by atoms with E-state index in [2.05, 4.69) is 315 Å². The van der Waals surface area contributed by atoms with Crippen LogP contribution in [0.3, 0.4) is 0 Å². The Morgan fingerprint density at radius 1 is 0.367 bits per heavy atom. The monoisotopic (exact) mass is 1280 g/mol. The number of anilines is 3. The quantitative estimate of drug-likeness (QED) is 0.148. The minimum Gasteiger partial charge on any atom is -0.457 e. The van der Waals surface area contributed by atoms with Crippen molar-refractivity contribution >= 4 is 62.0 Å². The van der Waals surface area contributed by atoms with Crippen molar-refractivity contribution in [2.24, 2.45) is 0 Å². The zero-order valence-corrected chi connectivity index (χ0v) is 59.2. The van der Waals surface area contributed by atoms with Gasteiger partial charge in [0, 0.05) is 62.0 Å². The first-order chi connectivity index (χ1) is 50.0. The predicted molar refractivity (Wildman–Crippen MR) is 418 cm³/mol. The molecule has 4 heterocycles. The Balaban J connectivity index is 1.13. The average Bonchev–Trinajstić information content (AvgIpc) is 0.809. The second kappa shape index (κ2) is 22.6. The van der Waals surface area contributed by atoms with E-state index in [1.165, 1.54) is 22.3 Å². The van der Waals surface area contributed by atoms with Crippen molar-refractivity contribution in [3.05, 3.63) is 310 Å². The Hall–Kier alpha value is -9.90. The first kappa shape index (κ1) is 54.2. The predicted octanol–water partition coefficient (Wildman–Crippen LogP) is 23.1. The summed E-state index contributed by atoms with van der Waals surface area (Å²) in [7, 11) is 0. The molecule has 0 saturated heterocycles. The van der Waals surface area contributed by atoms with Gasteiger partial charge in [0.2, 0.25) is 6.71 Å². The van der Waals surface area contributed by atoms with Gasteiger partial charge in [-0.25, -0.2) is 0 Å². The summed E-state index contributed by atoms with van der Waals surface area (Å²) in [6.45, 7) is 34.0. The van der Waals surface area contributed by atoms with E-state index in [0.717, 1.165) is 123 Å². The third-order valence-electron chi connectivity index (χ3n) is 21.1. The Kier molecular flexibility index (Phi) is 12.5. The van der Waals surface area contributed by atoms with Crippen molar-refractivity contribution in [3.63, 3.8) is 0 Å². The fourth-order valence-corrected chi connectivity index (χ4v) is 15.8. The normalized spacial score (nSPS) is 15.2. The molecule has 0 atom stereocenters. The molecule has 16 rings (SSSR count). The minimum absolute atomic E-state index is 0.0268. The zero-order valence-electron chi connectivity index (χ0n) is 67.2. The number of para-hydroxylation sites is 4. The lowest BCUT2D eigenvalue weighted by Crippen LogP contribution is -2.65. The smallest absolute Gasteiger partial charge is 0.247 e. The largest absolute Gasteiger partial charge is 0.457 e. The van der Waals surface area contributed by atoms with E-state index >= 15 is 0 Å². The summed E-state index contributed by atoms with van der Waals surface area (Å²) in [4.78, 5) is 2.55. The molecule has 0 fully saturated rings. The molecule has 4 heteroatoms. The Morgan fingerprint density at radius 3 is 1.32 bits per heavy atom. The number of hydrogen-bond donors (Lipinski definition) is 0. The number of benzene rings is 12. The fraction of sp³-hybridized carbons (Fsp3) is 0.234. The van der Waals surface area contributed by atoms with Gasteiger partial charge in [0.25, 0.3) is 0 Å². The van der Waals surface area contributed by atoms with Crippen LogP contribution in [0.25, 0.3) is 66.3 Å². The zero-order chi connectivity index (χ0) is 75.1. The molecule has 3 aliphatic rings. The van der Waals surface area contributed by atoms with Gasteiger partial charge >= 0.3 is 0 Å². The van der Waals surface area contributed by atoms with Gasteiger partial charge in [0.1, 0.15) is 11.5 Å². The van der Waals surface area contributed by atoms with Gasteiger partial charge in [-0.3, -0.25) is 0 Å². The summed E-state index contributed by atoms with van der Waals surface area (Å²) < 4.78 is 83.5. The first-order valence-corrected chi connectivity index (χ1v) is 34.8. The van der Waals surface area contributed by atoms with Crippen molar-refractivity contribution in [2.75, 3.05) is 4.90 Å². The molecule has 3 aliphatic heterocycles. The molecule has 484 valence electrons. The van der Waals surface area contributed by atoms with Crippen LogP contribution in [0.1, 0.15) is 170 Å². The summed E-state index contributed by atoms with van der Waals surface area (Å²) in [6.07, 6.45) is 0. The number of ether oxygens (including phenoxy) is 1. The molecular formula is C94H89BN2O. The van der Waals surface area contributed by atoms with Gasteiger partial charge in [-0.2, -0.15) is 0 Å². The van der Waals surface area contributed by atoms with Crippen LogP contribution in [0, 0.1) is 0 Å². The molecule has 12 aromatic carbocycles. The van der Waals surface area contributed by atoms with Gasteiger partial charge in [-0.1, -0.05) is 309 Å². The van der Waals surface area contributed by atoms with Crippen LogP contribution >= 0.6 is 0 Å². The van der Waals surface area contributed by atoms with Crippen LogP contribution in [-0.2, 0) is 39.0 Å². The van der Waals surface area contributed by atoms with Crippen LogP contribution in [0.5, 0.6) is 11.5 Å². The summed E-state index contributed by atoms with van der Waals surface area (Å²) >= 11 is 0. The number of nitrogens with zero attached hydrogens (tertiary/aromatic N) is 2. The van der Waals surface area contributed by atoms with Crippen molar-refractivity contribution in [3.8, 4) is 56.0 Å². The standard InChI is InChI=1S/C94H89BN2O/c1-89(2,3)66-47-63(48-67(54-66)90(4,5)6)62-43-44-75-80(52-62)95-79-45-42-59(58-96-81-38-26-22-34-71(81)72-35-23-27-39-82(72)96)46-83(79)97(88-73(60-30-18-16-19-31-60)56-70(93(13,14)15)57-74(88)61-32-20-17-21-33-61)84-53-65(64-49-68(91(7,8)9)55-69(50-64)92(10,11)12)51-78(87(84)95)94(75)76-36-24-28-40-85(76)98-86-41-29-25-37-77(86)94/h16-57H,58H2,1-15H3/i22D,23D,26D,27D,34D,35D,38D,39D. The van der Waals surface area contributed by atoms with Gasteiger partial charge < -0.3 is 14.2 Å². The summed E-state index contributed by atoms with van der Waals surface area (Å²) in [6, 6.07) is 73.7. The molecule has 13 aromatic rings. The Labute approximate surface area is 593 Å². The molecule has 1 aromatic heterocycles. The molecule has 0 saturated carbocycles. The van der Waals surface area contributed by atoms with Crippen molar-refractivity contribution in [1.29, 1.82) is 0 Å². The lowest BCUT2D eigenvalue weighted by molar-refractivity contribution is 0.435. The fourth-order valence-electron chi connectivity index (χ4n) is 15.8. The minimum atomic E-state index is -1.00. The van der Waals surface area contributed by atoms with Crippen molar-refractivity contribution in [1.82, 2.24) is 4.57 Å². The molecule has 0 aliphatic carbocycles. The number of rotatable bonds is 7. The van der Waals surface area contributed by atoms with E-state index < -0.39 is 36.3 Å². The van der Waals surface area contributed by atoms with E-state index in [9.17, 15) is 5.48 Å². The van der Waals surface area contributed by atoms with Gasteiger partial charge in [0.15, 0.2) is 0 Å². The molecule has 0 bridgehead atoms. The maximum Gasteiger partial charge on any atom is 0.247 e. The van der Waals surface area contributed by atoms with E-state index in [1.54, 1.807) is 4.57 Å². The van der Waals surface area contributed by atoms with Crippen LogP contribution in [0.4, 0.5) is 17.1 Å². The van der Waals surface area contributed by atoms with E-state index in [-0.39, 0.29) is 79.6 Å². The second-order valence-electron chi connectivity index (χ2n) is 32.8. The number of hydrogen-bond acceptors (Lipinski definition) is 2. The third-order valence-corrected chi connectivity index (χ3v) is 21.1. The van der Waals surface area contributed by atoms with Crippen LogP contribution in [-0.4, -0.2) is 11.3 Å². The molecule has 3 nitrogen and oxygen atoms in total. The summed E-state index contributed by atoms with van der Waals surface area (Å²) in [5.74, 6) is 1.55. The molecule has 0 radical (unpaired) electrons. The van der Waals surface area contributed by atoms with E-state index in [4.69, 9.17) is 10.2 Å². The maximum absolute atomic E-state index is 9.69. The molecular weight excluding hydrogens is 1180 g/mol.